The molecule has 0 amide bonds. The topological polar surface area (TPSA) is 64.1 Å². The monoisotopic (exact) mass is 277 g/mol. The Morgan fingerprint density at radius 3 is 2.53 bits per heavy atom. The number of hydrogen-bond acceptors (Lipinski definition) is 5. The number of nitrogens with one attached hydrogen (secondary N) is 1. The van der Waals surface area contributed by atoms with E-state index in [1.165, 1.54) is 7.11 Å². The number of halogens is 1. The number of carbonyl (C=O) groups is 1. The standard InChI is InChI=1S/C13H12ClN3O2/c1-19-13(18)11-6-7-12(17-16-11)15-8-9-2-4-10(14)5-3-9/h2-7H,8H2,1H3,(H,15,17). The summed E-state index contributed by atoms with van der Waals surface area (Å²) in [5.41, 5.74) is 1.25. The van der Waals surface area contributed by atoms with Crippen LogP contribution in [0.4, 0.5) is 5.82 Å². The lowest BCUT2D eigenvalue weighted by Gasteiger charge is -2.05. The molecule has 1 aromatic carbocycles. The lowest BCUT2D eigenvalue weighted by molar-refractivity contribution is 0.0593. The van der Waals surface area contributed by atoms with Gasteiger partial charge in [-0.15, -0.1) is 10.2 Å². The Morgan fingerprint density at radius 1 is 1.21 bits per heavy atom. The molecule has 19 heavy (non-hydrogen) atoms. The molecule has 6 heteroatoms. The van der Waals surface area contributed by atoms with Gasteiger partial charge in [0.15, 0.2) is 5.69 Å². The SMILES string of the molecule is COC(=O)c1ccc(NCc2ccc(Cl)cc2)nn1. The number of esters is 1. The van der Waals surface area contributed by atoms with Gasteiger partial charge in [0.2, 0.25) is 0 Å². The molecule has 0 bridgehead atoms. The molecule has 0 fully saturated rings. The number of rotatable bonds is 4. The summed E-state index contributed by atoms with van der Waals surface area (Å²) in [7, 11) is 1.30. The summed E-state index contributed by atoms with van der Waals surface area (Å²) in [5.74, 6) is 0.0827. The van der Waals surface area contributed by atoms with E-state index in [0.29, 0.717) is 17.4 Å². The first-order valence-electron chi connectivity index (χ1n) is 5.59. The second-order valence-electron chi connectivity index (χ2n) is 3.78. The zero-order valence-electron chi connectivity index (χ0n) is 10.3. The van der Waals surface area contributed by atoms with E-state index in [1.807, 2.05) is 24.3 Å². The van der Waals surface area contributed by atoms with Gasteiger partial charge in [-0.25, -0.2) is 4.79 Å². The molecule has 0 aliphatic rings. The highest BCUT2D eigenvalue weighted by molar-refractivity contribution is 6.30. The van der Waals surface area contributed by atoms with Crippen molar-refractivity contribution in [2.75, 3.05) is 12.4 Å². The van der Waals surface area contributed by atoms with Crippen LogP contribution in [0.5, 0.6) is 0 Å². The molecule has 0 saturated carbocycles. The van der Waals surface area contributed by atoms with Crippen LogP contribution in [-0.2, 0) is 11.3 Å². The smallest absolute Gasteiger partial charge is 0.358 e. The molecule has 0 aliphatic carbocycles. The molecule has 0 aliphatic heterocycles. The van der Waals surface area contributed by atoms with Gasteiger partial charge in [0, 0.05) is 11.6 Å². The first kappa shape index (κ1) is 13.3. The molecular formula is C13H12ClN3O2. The fraction of sp³-hybridized carbons (Fsp3) is 0.154. The van der Waals surface area contributed by atoms with E-state index in [9.17, 15) is 4.79 Å². The minimum absolute atomic E-state index is 0.180. The third-order valence-electron chi connectivity index (χ3n) is 2.45. The van der Waals surface area contributed by atoms with Gasteiger partial charge in [-0.1, -0.05) is 23.7 Å². The Labute approximate surface area is 115 Å². The molecule has 0 spiro atoms. The summed E-state index contributed by atoms with van der Waals surface area (Å²) < 4.78 is 4.54. The van der Waals surface area contributed by atoms with Gasteiger partial charge in [-0.2, -0.15) is 0 Å². The predicted octanol–water partition coefficient (Wildman–Crippen LogP) is 2.53. The van der Waals surface area contributed by atoms with Crippen LogP contribution in [0.2, 0.25) is 5.02 Å². The van der Waals surface area contributed by atoms with Crippen LogP contribution < -0.4 is 5.32 Å². The molecule has 98 valence electrons. The molecule has 1 aromatic heterocycles. The summed E-state index contributed by atoms with van der Waals surface area (Å²) in [6.07, 6.45) is 0. The van der Waals surface area contributed by atoms with E-state index < -0.39 is 5.97 Å². The first-order valence-corrected chi connectivity index (χ1v) is 5.97. The number of methoxy groups -OCH3 is 1. The molecule has 0 saturated heterocycles. The van der Waals surface area contributed by atoms with E-state index in [4.69, 9.17) is 11.6 Å². The number of anilines is 1. The van der Waals surface area contributed by atoms with Crippen molar-refractivity contribution in [1.29, 1.82) is 0 Å². The lowest BCUT2D eigenvalue weighted by atomic mass is 10.2. The number of nitrogens with zero attached hydrogens (tertiary/aromatic N) is 2. The van der Waals surface area contributed by atoms with E-state index in [2.05, 4.69) is 20.3 Å². The molecule has 2 rings (SSSR count). The van der Waals surface area contributed by atoms with E-state index >= 15 is 0 Å². The number of hydrogen-bond donors (Lipinski definition) is 1. The van der Waals surface area contributed by atoms with Crippen LogP contribution in [0, 0.1) is 0 Å². The fourth-order valence-electron chi connectivity index (χ4n) is 1.43. The predicted molar refractivity (Wildman–Crippen MR) is 72.2 cm³/mol. The Hall–Kier alpha value is -2.14. The van der Waals surface area contributed by atoms with Crippen LogP contribution in [0.25, 0.3) is 0 Å². The van der Waals surface area contributed by atoms with Crippen molar-refractivity contribution in [3.8, 4) is 0 Å². The first-order chi connectivity index (χ1) is 9.19. The molecule has 0 radical (unpaired) electrons. The van der Waals surface area contributed by atoms with Gasteiger partial charge in [-0.3, -0.25) is 0 Å². The average Bonchev–Trinajstić information content (AvgIpc) is 2.46. The van der Waals surface area contributed by atoms with Gasteiger partial charge >= 0.3 is 5.97 Å². The summed E-state index contributed by atoms with van der Waals surface area (Å²) >= 11 is 5.80. The van der Waals surface area contributed by atoms with Crippen molar-refractivity contribution in [3.63, 3.8) is 0 Å². The number of benzene rings is 1. The third kappa shape index (κ3) is 3.66. The number of carbonyl (C=O) groups excluding carboxylic acids is 1. The maximum absolute atomic E-state index is 11.2. The zero-order valence-corrected chi connectivity index (χ0v) is 11.0. The van der Waals surface area contributed by atoms with Gasteiger partial charge in [0.1, 0.15) is 5.82 Å². The van der Waals surface area contributed by atoms with Gasteiger partial charge < -0.3 is 10.1 Å². The van der Waals surface area contributed by atoms with Gasteiger partial charge in [0.25, 0.3) is 0 Å². The minimum atomic E-state index is -0.503. The molecular weight excluding hydrogens is 266 g/mol. The van der Waals surface area contributed by atoms with Crippen LogP contribution in [-0.4, -0.2) is 23.3 Å². The second-order valence-corrected chi connectivity index (χ2v) is 4.21. The van der Waals surface area contributed by atoms with Crippen LogP contribution in [0.1, 0.15) is 16.1 Å². The average molecular weight is 278 g/mol. The minimum Gasteiger partial charge on any atom is -0.464 e. The Balaban J connectivity index is 1.96. The Morgan fingerprint density at radius 2 is 1.95 bits per heavy atom. The molecule has 5 nitrogen and oxygen atoms in total. The van der Waals surface area contributed by atoms with Crippen molar-refractivity contribution in [2.24, 2.45) is 0 Å². The van der Waals surface area contributed by atoms with Crippen LogP contribution in [0.3, 0.4) is 0 Å². The van der Waals surface area contributed by atoms with Crippen LogP contribution >= 0.6 is 11.6 Å². The van der Waals surface area contributed by atoms with Crippen LogP contribution in [0.15, 0.2) is 36.4 Å². The molecule has 0 atom stereocenters. The summed E-state index contributed by atoms with van der Waals surface area (Å²) in [6, 6.07) is 10.7. The Kier molecular flexibility index (Phi) is 4.30. The second kappa shape index (κ2) is 6.15. The van der Waals surface area contributed by atoms with E-state index in [-0.39, 0.29) is 5.69 Å². The van der Waals surface area contributed by atoms with Crippen molar-refractivity contribution < 1.29 is 9.53 Å². The summed E-state index contributed by atoms with van der Waals surface area (Å²) in [5, 5.41) is 11.5. The van der Waals surface area contributed by atoms with Crippen molar-refractivity contribution in [2.45, 2.75) is 6.54 Å². The normalized spacial score (nSPS) is 10.0. The summed E-state index contributed by atoms with van der Waals surface area (Å²) in [4.78, 5) is 11.2. The van der Waals surface area contributed by atoms with Crippen molar-refractivity contribution in [3.05, 3.63) is 52.7 Å². The highest BCUT2D eigenvalue weighted by Gasteiger charge is 2.07. The highest BCUT2D eigenvalue weighted by Crippen LogP contribution is 2.11. The summed E-state index contributed by atoms with van der Waals surface area (Å²) in [6.45, 7) is 0.601. The molecule has 0 unspecified atom stereocenters. The largest absolute Gasteiger partial charge is 0.464 e. The number of ether oxygens (including phenoxy) is 1. The third-order valence-corrected chi connectivity index (χ3v) is 2.70. The van der Waals surface area contributed by atoms with Crippen molar-refractivity contribution >= 4 is 23.4 Å². The van der Waals surface area contributed by atoms with E-state index in [0.717, 1.165) is 5.56 Å². The van der Waals surface area contributed by atoms with E-state index in [1.54, 1.807) is 12.1 Å². The lowest BCUT2D eigenvalue weighted by Crippen LogP contribution is -2.07. The van der Waals surface area contributed by atoms with Gasteiger partial charge in [-0.05, 0) is 29.8 Å². The maximum atomic E-state index is 11.2. The van der Waals surface area contributed by atoms with Gasteiger partial charge in [0.05, 0.1) is 7.11 Å². The number of aromatic nitrogens is 2. The fourth-order valence-corrected chi connectivity index (χ4v) is 1.56. The Bertz CT molecular complexity index is 555. The molecule has 1 N–H and O–H groups in total. The van der Waals surface area contributed by atoms with Crippen molar-refractivity contribution in [1.82, 2.24) is 10.2 Å². The molecule has 2 aromatic rings. The molecule has 1 heterocycles. The maximum Gasteiger partial charge on any atom is 0.358 e. The highest BCUT2D eigenvalue weighted by atomic mass is 35.5. The quantitative estimate of drug-likeness (QED) is 0.870. The zero-order chi connectivity index (χ0) is 13.7.